The monoisotopic (exact) mass is 342 g/mol. The summed E-state index contributed by atoms with van der Waals surface area (Å²) < 4.78 is 16.3. The fourth-order valence-electron chi connectivity index (χ4n) is 2.66. The van der Waals surface area contributed by atoms with Crippen molar-refractivity contribution in [1.29, 1.82) is 0 Å². The highest BCUT2D eigenvalue weighted by Crippen LogP contribution is 2.19. The lowest BCUT2D eigenvalue weighted by Crippen LogP contribution is -2.27. The molecule has 0 aliphatic carbocycles. The number of carbonyl (C=O) groups excluding carboxylic acids is 1. The van der Waals surface area contributed by atoms with E-state index in [1.807, 2.05) is 24.3 Å². The predicted molar refractivity (Wildman–Crippen MR) is 93.1 cm³/mol. The van der Waals surface area contributed by atoms with Gasteiger partial charge < -0.3 is 19.5 Å². The van der Waals surface area contributed by atoms with Crippen molar-refractivity contribution in [3.63, 3.8) is 0 Å². The Kier molecular flexibility index (Phi) is 5.85. The third-order valence-corrected chi connectivity index (χ3v) is 4.02. The zero-order valence-electron chi connectivity index (χ0n) is 14.2. The zero-order valence-corrected chi connectivity index (χ0v) is 14.2. The second kappa shape index (κ2) is 8.48. The third-order valence-electron chi connectivity index (χ3n) is 4.02. The van der Waals surface area contributed by atoms with Crippen LogP contribution in [-0.4, -0.2) is 43.9 Å². The minimum atomic E-state index is -0.190. The zero-order chi connectivity index (χ0) is 17.5. The second-order valence-electron chi connectivity index (χ2n) is 5.82. The molecule has 0 bridgehead atoms. The number of benzene rings is 1. The van der Waals surface area contributed by atoms with Crippen molar-refractivity contribution in [2.24, 2.45) is 0 Å². The minimum absolute atomic E-state index is 0.0433. The quantitative estimate of drug-likeness (QED) is 0.836. The van der Waals surface area contributed by atoms with Crippen LogP contribution in [0.1, 0.15) is 22.3 Å². The number of aromatic nitrogens is 1. The van der Waals surface area contributed by atoms with Crippen LogP contribution in [0, 0.1) is 0 Å². The topological polar surface area (TPSA) is 69.7 Å². The summed E-state index contributed by atoms with van der Waals surface area (Å²) in [6.07, 6.45) is 3.11. The van der Waals surface area contributed by atoms with E-state index in [4.69, 9.17) is 14.2 Å². The third kappa shape index (κ3) is 4.70. The minimum Gasteiger partial charge on any atom is -0.497 e. The van der Waals surface area contributed by atoms with Crippen molar-refractivity contribution in [2.45, 2.75) is 18.9 Å². The number of nitrogens with zero attached hydrogens (tertiary/aromatic N) is 1. The average Bonchev–Trinajstić information content (AvgIpc) is 3.15. The lowest BCUT2D eigenvalue weighted by molar-refractivity contribution is 0.0941. The lowest BCUT2D eigenvalue weighted by atomic mass is 10.1. The van der Waals surface area contributed by atoms with Gasteiger partial charge in [0.25, 0.3) is 5.91 Å². The summed E-state index contributed by atoms with van der Waals surface area (Å²) in [4.78, 5) is 16.7. The van der Waals surface area contributed by atoms with Crippen LogP contribution in [0.25, 0.3) is 0 Å². The van der Waals surface area contributed by atoms with Gasteiger partial charge in [-0.05, 0) is 36.2 Å². The molecule has 6 heteroatoms. The van der Waals surface area contributed by atoms with E-state index in [0.717, 1.165) is 24.2 Å². The Hall–Kier alpha value is -2.60. The van der Waals surface area contributed by atoms with Crippen LogP contribution in [0.3, 0.4) is 0 Å². The van der Waals surface area contributed by atoms with Gasteiger partial charge in [0, 0.05) is 19.2 Å². The van der Waals surface area contributed by atoms with Gasteiger partial charge in [0.05, 0.1) is 20.3 Å². The van der Waals surface area contributed by atoms with Gasteiger partial charge in [0.1, 0.15) is 17.4 Å². The maximum Gasteiger partial charge on any atom is 0.256 e. The Morgan fingerprint density at radius 1 is 1.36 bits per heavy atom. The predicted octanol–water partition coefficient (Wildman–Crippen LogP) is 2.23. The number of rotatable bonds is 7. The number of amides is 1. The van der Waals surface area contributed by atoms with E-state index in [9.17, 15) is 4.79 Å². The van der Waals surface area contributed by atoms with E-state index in [1.54, 1.807) is 25.4 Å². The first-order chi connectivity index (χ1) is 12.3. The molecule has 0 unspecified atom stereocenters. The molecule has 0 spiro atoms. The highest BCUT2D eigenvalue weighted by Gasteiger charge is 2.21. The molecule has 1 aromatic carbocycles. The number of hydrogen-bond donors (Lipinski definition) is 1. The van der Waals surface area contributed by atoms with Gasteiger partial charge >= 0.3 is 0 Å². The largest absolute Gasteiger partial charge is 0.497 e. The summed E-state index contributed by atoms with van der Waals surface area (Å²) in [7, 11) is 1.64. The first kappa shape index (κ1) is 17.2. The molecule has 3 rings (SSSR count). The highest BCUT2D eigenvalue weighted by atomic mass is 16.5. The second-order valence-corrected chi connectivity index (χ2v) is 5.82. The van der Waals surface area contributed by atoms with Crippen LogP contribution in [0.4, 0.5) is 0 Å². The summed E-state index contributed by atoms with van der Waals surface area (Å²) in [5.74, 6) is 0.979. The number of pyridine rings is 1. The molecule has 6 nitrogen and oxygen atoms in total. The SMILES string of the molecule is COc1cccc(CCNC(=O)c2cccnc2O[C@@H]2CCOC2)c1. The fraction of sp³-hybridized carbons (Fsp3) is 0.368. The molecule has 1 amide bonds. The normalized spacial score (nSPS) is 16.4. The first-order valence-corrected chi connectivity index (χ1v) is 8.37. The number of hydrogen-bond acceptors (Lipinski definition) is 5. The van der Waals surface area contributed by atoms with E-state index >= 15 is 0 Å². The van der Waals surface area contributed by atoms with Gasteiger partial charge in [-0.2, -0.15) is 0 Å². The van der Waals surface area contributed by atoms with Crippen molar-refractivity contribution >= 4 is 5.91 Å². The van der Waals surface area contributed by atoms with Crippen molar-refractivity contribution in [2.75, 3.05) is 26.9 Å². The maximum atomic E-state index is 12.5. The highest BCUT2D eigenvalue weighted by molar-refractivity contribution is 5.96. The van der Waals surface area contributed by atoms with Crippen molar-refractivity contribution in [1.82, 2.24) is 10.3 Å². The van der Waals surface area contributed by atoms with Gasteiger partial charge in [0.15, 0.2) is 0 Å². The van der Waals surface area contributed by atoms with E-state index in [-0.39, 0.29) is 12.0 Å². The fourth-order valence-corrected chi connectivity index (χ4v) is 2.66. The number of ether oxygens (including phenoxy) is 3. The Morgan fingerprint density at radius 2 is 2.28 bits per heavy atom. The number of methoxy groups -OCH3 is 1. The van der Waals surface area contributed by atoms with Gasteiger partial charge in [-0.15, -0.1) is 0 Å². The van der Waals surface area contributed by atoms with Gasteiger partial charge in [0.2, 0.25) is 5.88 Å². The molecule has 1 saturated heterocycles. The van der Waals surface area contributed by atoms with E-state index in [0.29, 0.717) is 31.2 Å². The van der Waals surface area contributed by atoms with Crippen LogP contribution in [0.2, 0.25) is 0 Å². The smallest absolute Gasteiger partial charge is 0.256 e. The standard InChI is InChI=1S/C19H22N2O4/c1-23-15-5-2-4-14(12-15)7-10-20-18(22)17-6-3-9-21-19(17)25-16-8-11-24-13-16/h2-6,9,12,16H,7-8,10-11,13H2,1H3,(H,20,22)/t16-/m1/s1. The van der Waals surface area contributed by atoms with Crippen LogP contribution >= 0.6 is 0 Å². The molecule has 1 N–H and O–H groups in total. The number of carbonyl (C=O) groups is 1. The van der Waals surface area contributed by atoms with Crippen LogP contribution in [0.5, 0.6) is 11.6 Å². The molecule has 2 aromatic rings. The molecule has 2 heterocycles. The first-order valence-electron chi connectivity index (χ1n) is 8.37. The average molecular weight is 342 g/mol. The van der Waals surface area contributed by atoms with Crippen molar-refractivity contribution < 1.29 is 19.0 Å². The van der Waals surface area contributed by atoms with E-state index < -0.39 is 0 Å². The molecule has 0 radical (unpaired) electrons. The molecule has 0 saturated carbocycles. The molecule has 1 aromatic heterocycles. The summed E-state index contributed by atoms with van der Waals surface area (Å²) in [5, 5.41) is 2.92. The van der Waals surface area contributed by atoms with Gasteiger partial charge in [-0.25, -0.2) is 4.98 Å². The van der Waals surface area contributed by atoms with Gasteiger partial charge in [-0.3, -0.25) is 4.79 Å². The summed E-state index contributed by atoms with van der Waals surface area (Å²) >= 11 is 0. The molecule has 25 heavy (non-hydrogen) atoms. The molecule has 1 aliphatic rings. The van der Waals surface area contributed by atoms with Crippen molar-refractivity contribution in [3.8, 4) is 11.6 Å². The lowest BCUT2D eigenvalue weighted by Gasteiger charge is -2.14. The molecule has 132 valence electrons. The Balaban J connectivity index is 1.57. The summed E-state index contributed by atoms with van der Waals surface area (Å²) in [6, 6.07) is 11.3. The maximum absolute atomic E-state index is 12.5. The van der Waals surface area contributed by atoms with Crippen LogP contribution in [0.15, 0.2) is 42.6 Å². The Bertz CT molecular complexity index is 714. The Labute approximate surface area is 147 Å². The number of nitrogens with one attached hydrogen (secondary N) is 1. The van der Waals surface area contributed by atoms with E-state index in [1.165, 1.54) is 0 Å². The molecular formula is C19H22N2O4. The van der Waals surface area contributed by atoms with Gasteiger partial charge in [-0.1, -0.05) is 12.1 Å². The van der Waals surface area contributed by atoms with Crippen LogP contribution < -0.4 is 14.8 Å². The van der Waals surface area contributed by atoms with Crippen molar-refractivity contribution in [3.05, 3.63) is 53.7 Å². The van der Waals surface area contributed by atoms with E-state index in [2.05, 4.69) is 10.3 Å². The molecule has 1 atom stereocenters. The molecule has 1 aliphatic heterocycles. The Morgan fingerprint density at radius 3 is 3.08 bits per heavy atom. The molecule has 1 fully saturated rings. The van der Waals surface area contributed by atoms with Crippen LogP contribution in [-0.2, 0) is 11.2 Å². The summed E-state index contributed by atoms with van der Waals surface area (Å²) in [6.45, 7) is 1.74. The summed E-state index contributed by atoms with van der Waals surface area (Å²) in [5.41, 5.74) is 1.55. The molecular weight excluding hydrogens is 320 g/mol.